The maximum absolute atomic E-state index is 12.3. The van der Waals surface area contributed by atoms with Gasteiger partial charge in [0.05, 0.1) is 5.25 Å². The molecule has 132 valence electrons. The third-order valence-corrected chi connectivity index (χ3v) is 4.81. The van der Waals surface area contributed by atoms with E-state index in [9.17, 15) is 9.59 Å². The summed E-state index contributed by atoms with van der Waals surface area (Å²) < 4.78 is 1.48. The van der Waals surface area contributed by atoms with Crippen LogP contribution >= 0.6 is 11.8 Å². The lowest BCUT2D eigenvalue weighted by Crippen LogP contribution is -2.23. The highest BCUT2D eigenvalue weighted by molar-refractivity contribution is 8.00. The molecular formula is C16H20N6O2S. The summed E-state index contributed by atoms with van der Waals surface area (Å²) in [5.41, 5.74) is 1.33. The lowest BCUT2D eigenvalue weighted by Gasteiger charge is -2.12. The minimum atomic E-state index is -0.381. The summed E-state index contributed by atoms with van der Waals surface area (Å²) in [6.45, 7) is 3.23. The molecule has 1 aliphatic carbocycles. The fraction of sp³-hybridized carbons (Fsp3) is 0.375. The summed E-state index contributed by atoms with van der Waals surface area (Å²) in [7, 11) is 0. The first-order valence-electron chi connectivity index (χ1n) is 7.99. The lowest BCUT2D eigenvalue weighted by atomic mass is 10.2. The van der Waals surface area contributed by atoms with Crippen molar-refractivity contribution >= 4 is 35.0 Å². The van der Waals surface area contributed by atoms with Gasteiger partial charge in [-0.15, -0.1) is 10.2 Å². The molecule has 8 nitrogen and oxygen atoms in total. The SMILES string of the molecule is CC(=O)Nc1ccc(NC(=O)[C@H](C)Sc2nnc(C3CC3)n2N)cc1. The number of rotatable bonds is 6. The molecule has 1 saturated carbocycles. The van der Waals surface area contributed by atoms with Crippen molar-refractivity contribution in [2.45, 2.75) is 43.0 Å². The number of nitrogen functional groups attached to an aromatic ring is 1. The van der Waals surface area contributed by atoms with Crippen molar-refractivity contribution in [3.05, 3.63) is 30.1 Å². The molecular weight excluding hydrogens is 340 g/mol. The second kappa shape index (κ2) is 7.14. The molecule has 0 bridgehead atoms. The highest BCUT2D eigenvalue weighted by Gasteiger charge is 2.30. The van der Waals surface area contributed by atoms with E-state index in [0.717, 1.165) is 18.7 Å². The molecule has 1 aromatic heterocycles. The average Bonchev–Trinajstić information content (AvgIpc) is 3.34. The summed E-state index contributed by atoms with van der Waals surface area (Å²) in [6, 6.07) is 6.93. The molecule has 1 atom stereocenters. The zero-order valence-corrected chi connectivity index (χ0v) is 14.8. The molecule has 0 unspecified atom stereocenters. The second-order valence-electron chi connectivity index (χ2n) is 5.99. The number of nitrogens with one attached hydrogen (secondary N) is 2. The van der Waals surface area contributed by atoms with Crippen molar-refractivity contribution < 1.29 is 9.59 Å². The van der Waals surface area contributed by atoms with E-state index in [4.69, 9.17) is 5.84 Å². The number of amides is 2. The number of nitrogens with two attached hydrogens (primary N) is 1. The number of hydrogen-bond acceptors (Lipinski definition) is 6. The predicted octanol–water partition coefficient (Wildman–Crippen LogP) is 1.95. The maximum Gasteiger partial charge on any atom is 0.237 e. The molecule has 2 amide bonds. The maximum atomic E-state index is 12.3. The van der Waals surface area contributed by atoms with Crippen LogP contribution in [-0.2, 0) is 9.59 Å². The van der Waals surface area contributed by atoms with E-state index in [2.05, 4.69) is 20.8 Å². The number of carbonyl (C=O) groups excluding carboxylic acids is 2. The van der Waals surface area contributed by atoms with E-state index in [1.165, 1.54) is 23.4 Å². The van der Waals surface area contributed by atoms with Crippen molar-refractivity contribution in [2.75, 3.05) is 16.5 Å². The molecule has 1 heterocycles. The number of thioether (sulfide) groups is 1. The Morgan fingerprint density at radius 3 is 2.36 bits per heavy atom. The molecule has 0 aliphatic heterocycles. The summed E-state index contributed by atoms with van der Waals surface area (Å²) in [5, 5.41) is 13.8. The molecule has 3 rings (SSSR count). The van der Waals surface area contributed by atoms with E-state index in [0.29, 0.717) is 22.4 Å². The Bertz CT molecular complexity index is 784. The van der Waals surface area contributed by atoms with Gasteiger partial charge in [0.2, 0.25) is 17.0 Å². The third kappa shape index (κ3) is 4.30. The quantitative estimate of drug-likeness (QED) is 0.536. The van der Waals surface area contributed by atoms with Crippen LogP contribution in [0.5, 0.6) is 0 Å². The van der Waals surface area contributed by atoms with E-state index < -0.39 is 0 Å². The Labute approximate surface area is 149 Å². The van der Waals surface area contributed by atoms with Gasteiger partial charge in [-0.3, -0.25) is 9.59 Å². The first-order valence-corrected chi connectivity index (χ1v) is 8.87. The summed E-state index contributed by atoms with van der Waals surface area (Å²) in [4.78, 5) is 23.4. The minimum Gasteiger partial charge on any atom is -0.336 e. The Morgan fingerprint density at radius 1 is 1.20 bits per heavy atom. The minimum absolute atomic E-state index is 0.140. The van der Waals surface area contributed by atoms with E-state index in [-0.39, 0.29) is 17.1 Å². The molecule has 1 fully saturated rings. The van der Waals surface area contributed by atoms with Crippen LogP contribution in [0.3, 0.4) is 0 Å². The van der Waals surface area contributed by atoms with Crippen LogP contribution in [0.15, 0.2) is 29.4 Å². The molecule has 1 aliphatic rings. The first kappa shape index (κ1) is 17.3. The number of benzene rings is 1. The zero-order chi connectivity index (χ0) is 18.0. The fourth-order valence-corrected chi connectivity index (χ4v) is 3.06. The fourth-order valence-electron chi connectivity index (χ4n) is 2.28. The summed E-state index contributed by atoms with van der Waals surface area (Å²) in [6.07, 6.45) is 2.18. The van der Waals surface area contributed by atoms with Crippen LogP contribution in [-0.4, -0.2) is 31.9 Å². The third-order valence-electron chi connectivity index (χ3n) is 3.76. The van der Waals surface area contributed by atoms with Crippen molar-refractivity contribution in [3.63, 3.8) is 0 Å². The predicted molar refractivity (Wildman–Crippen MR) is 96.8 cm³/mol. The Kier molecular flexibility index (Phi) is 4.93. The monoisotopic (exact) mass is 360 g/mol. The topological polar surface area (TPSA) is 115 Å². The molecule has 0 saturated heterocycles. The summed E-state index contributed by atoms with van der Waals surface area (Å²) >= 11 is 1.27. The normalized spacial score (nSPS) is 14.8. The van der Waals surface area contributed by atoms with Crippen LogP contribution in [0.1, 0.15) is 38.4 Å². The smallest absolute Gasteiger partial charge is 0.237 e. The van der Waals surface area contributed by atoms with Gasteiger partial charge in [-0.1, -0.05) is 11.8 Å². The second-order valence-corrected chi connectivity index (χ2v) is 7.30. The number of anilines is 2. The largest absolute Gasteiger partial charge is 0.336 e. The van der Waals surface area contributed by atoms with Crippen LogP contribution < -0.4 is 16.5 Å². The first-order chi connectivity index (χ1) is 11.9. The molecule has 4 N–H and O–H groups in total. The average molecular weight is 360 g/mol. The highest BCUT2D eigenvalue weighted by atomic mass is 32.2. The molecule has 0 radical (unpaired) electrons. The van der Waals surface area contributed by atoms with Crippen molar-refractivity contribution in [1.29, 1.82) is 0 Å². The van der Waals surface area contributed by atoms with Gasteiger partial charge in [0.25, 0.3) is 0 Å². The van der Waals surface area contributed by atoms with Crippen LogP contribution in [0.4, 0.5) is 11.4 Å². The number of nitrogens with zero attached hydrogens (tertiary/aromatic N) is 3. The van der Waals surface area contributed by atoms with Gasteiger partial charge >= 0.3 is 0 Å². The van der Waals surface area contributed by atoms with E-state index >= 15 is 0 Å². The highest BCUT2D eigenvalue weighted by Crippen LogP contribution is 2.39. The van der Waals surface area contributed by atoms with Gasteiger partial charge in [-0.2, -0.15) is 0 Å². The van der Waals surface area contributed by atoms with Gasteiger partial charge < -0.3 is 16.5 Å². The molecule has 1 aromatic carbocycles. The van der Waals surface area contributed by atoms with E-state index in [1.54, 1.807) is 31.2 Å². The van der Waals surface area contributed by atoms with Gasteiger partial charge in [0.15, 0.2) is 5.82 Å². The van der Waals surface area contributed by atoms with Crippen molar-refractivity contribution in [3.8, 4) is 0 Å². The zero-order valence-electron chi connectivity index (χ0n) is 14.0. The van der Waals surface area contributed by atoms with Gasteiger partial charge in [0, 0.05) is 24.2 Å². The van der Waals surface area contributed by atoms with Gasteiger partial charge in [0.1, 0.15) is 0 Å². The van der Waals surface area contributed by atoms with Gasteiger partial charge in [-0.05, 0) is 44.0 Å². The van der Waals surface area contributed by atoms with Crippen LogP contribution in [0, 0.1) is 0 Å². The van der Waals surface area contributed by atoms with Crippen LogP contribution in [0.25, 0.3) is 0 Å². The molecule has 2 aromatic rings. The number of hydrogen-bond donors (Lipinski definition) is 3. The number of aromatic nitrogens is 3. The lowest BCUT2D eigenvalue weighted by molar-refractivity contribution is -0.115. The molecule has 9 heteroatoms. The number of carbonyl (C=O) groups is 2. The Hall–Kier alpha value is -2.55. The Balaban J connectivity index is 1.58. The van der Waals surface area contributed by atoms with Gasteiger partial charge in [-0.25, -0.2) is 4.68 Å². The van der Waals surface area contributed by atoms with Crippen LogP contribution in [0.2, 0.25) is 0 Å². The standard InChI is InChI=1S/C16H20N6O2S/c1-9(25-16-21-20-14(22(16)17)11-3-4-11)15(24)19-13-7-5-12(6-8-13)18-10(2)23/h5-9,11H,3-4,17H2,1-2H3,(H,18,23)(H,19,24)/t9-/m0/s1. The molecule has 0 spiro atoms. The van der Waals surface area contributed by atoms with Crippen molar-refractivity contribution in [2.24, 2.45) is 0 Å². The Morgan fingerprint density at radius 2 is 1.80 bits per heavy atom. The molecule has 25 heavy (non-hydrogen) atoms. The van der Waals surface area contributed by atoms with E-state index in [1.807, 2.05) is 0 Å². The summed E-state index contributed by atoms with van der Waals surface area (Å²) in [5.74, 6) is 6.89. The van der Waals surface area contributed by atoms with Crippen molar-refractivity contribution in [1.82, 2.24) is 14.9 Å².